The SMILES string of the molecule is CCNC(=O)[C@@H](C)N(Cc1ccc(Cl)c(Cl)c1)C(=O)CN(c1ccc(C)cc1)S(=O)(=O)c1ccc(OC)c(Br)c1. The molecule has 214 valence electrons. The van der Waals surface area contributed by atoms with Gasteiger partial charge in [0, 0.05) is 13.1 Å². The fourth-order valence-corrected chi connectivity index (χ4v) is 6.37. The molecule has 0 aliphatic carbocycles. The molecular formula is C28H30BrCl2N3O5S. The van der Waals surface area contributed by atoms with Gasteiger partial charge in [-0.2, -0.15) is 0 Å². The van der Waals surface area contributed by atoms with Gasteiger partial charge in [-0.1, -0.05) is 47.0 Å². The first-order valence-corrected chi connectivity index (χ1v) is 15.3. The minimum Gasteiger partial charge on any atom is -0.496 e. The Labute approximate surface area is 253 Å². The number of aryl methyl sites for hydroxylation is 1. The molecule has 1 atom stereocenters. The van der Waals surface area contributed by atoms with Crippen LogP contribution in [-0.4, -0.2) is 51.4 Å². The molecule has 8 nitrogen and oxygen atoms in total. The normalized spacial score (nSPS) is 12.0. The van der Waals surface area contributed by atoms with E-state index in [1.165, 1.54) is 30.2 Å². The third-order valence-corrected chi connectivity index (χ3v) is 9.30. The highest BCUT2D eigenvalue weighted by molar-refractivity contribution is 9.10. The van der Waals surface area contributed by atoms with Crippen LogP contribution in [0.2, 0.25) is 10.0 Å². The maximum Gasteiger partial charge on any atom is 0.264 e. The summed E-state index contributed by atoms with van der Waals surface area (Å²) in [5.41, 5.74) is 1.85. The van der Waals surface area contributed by atoms with Gasteiger partial charge in [-0.05, 0) is 84.7 Å². The van der Waals surface area contributed by atoms with Crippen molar-refractivity contribution in [2.75, 3.05) is 24.5 Å². The Morgan fingerprint density at radius 2 is 1.70 bits per heavy atom. The Bertz CT molecular complexity index is 1490. The molecule has 0 aliphatic rings. The number of ether oxygens (including phenoxy) is 1. The highest BCUT2D eigenvalue weighted by Crippen LogP contribution is 2.31. The molecule has 3 rings (SSSR count). The minimum atomic E-state index is -4.22. The fraction of sp³-hybridized carbons (Fsp3) is 0.286. The molecule has 2 amide bonds. The van der Waals surface area contributed by atoms with Gasteiger partial charge in [0.15, 0.2) is 0 Å². The van der Waals surface area contributed by atoms with Crippen molar-refractivity contribution in [3.8, 4) is 5.75 Å². The summed E-state index contributed by atoms with van der Waals surface area (Å²) >= 11 is 15.6. The number of halogens is 3. The number of hydrogen-bond donors (Lipinski definition) is 1. The third-order valence-electron chi connectivity index (χ3n) is 6.17. The van der Waals surface area contributed by atoms with E-state index in [-0.39, 0.29) is 17.3 Å². The minimum absolute atomic E-state index is 0.00386. The second-order valence-electron chi connectivity index (χ2n) is 8.98. The lowest BCUT2D eigenvalue weighted by Gasteiger charge is -2.32. The summed E-state index contributed by atoms with van der Waals surface area (Å²) in [7, 11) is -2.75. The molecule has 0 aliphatic heterocycles. The van der Waals surface area contributed by atoms with Crippen LogP contribution in [0.15, 0.2) is 70.0 Å². The quantitative estimate of drug-likeness (QED) is 0.277. The van der Waals surface area contributed by atoms with Crippen LogP contribution in [0.3, 0.4) is 0 Å². The average molecular weight is 671 g/mol. The van der Waals surface area contributed by atoms with Crippen LogP contribution in [0, 0.1) is 6.92 Å². The van der Waals surface area contributed by atoms with Crippen LogP contribution in [-0.2, 0) is 26.2 Å². The van der Waals surface area contributed by atoms with Crippen LogP contribution in [0.5, 0.6) is 5.75 Å². The Kier molecular flexibility index (Phi) is 10.9. The molecule has 0 fully saturated rings. The van der Waals surface area contributed by atoms with E-state index < -0.39 is 28.5 Å². The van der Waals surface area contributed by atoms with E-state index in [0.29, 0.717) is 38.1 Å². The summed E-state index contributed by atoms with van der Waals surface area (Å²) in [6.07, 6.45) is 0. The van der Waals surface area contributed by atoms with E-state index in [2.05, 4.69) is 21.2 Å². The van der Waals surface area contributed by atoms with Crippen molar-refractivity contribution in [2.45, 2.75) is 38.3 Å². The summed E-state index contributed by atoms with van der Waals surface area (Å²) < 4.78 is 34.6. The Balaban J connectivity index is 2.06. The van der Waals surface area contributed by atoms with Crippen LogP contribution < -0.4 is 14.4 Å². The van der Waals surface area contributed by atoms with Crippen LogP contribution in [0.4, 0.5) is 5.69 Å². The molecule has 3 aromatic rings. The van der Waals surface area contributed by atoms with Crippen LogP contribution in [0.25, 0.3) is 0 Å². The number of benzene rings is 3. The van der Waals surface area contributed by atoms with Gasteiger partial charge >= 0.3 is 0 Å². The average Bonchev–Trinajstić information content (AvgIpc) is 2.92. The first kappa shape index (κ1) is 31.7. The van der Waals surface area contributed by atoms with E-state index in [1.807, 2.05) is 6.92 Å². The number of sulfonamides is 1. The zero-order valence-electron chi connectivity index (χ0n) is 22.4. The molecule has 0 spiro atoms. The van der Waals surface area contributed by atoms with E-state index in [1.54, 1.807) is 56.3 Å². The zero-order valence-corrected chi connectivity index (χ0v) is 26.4. The van der Waals surface area contributed by atoms with Crippen molar-refractivity contribution in [1.82, 2.24) is 10.2 Å². The van der Waals surface area contributed by atoms with Crippen LogP contribution >= 0.6 is 39.1 Å². The number of anilines is 1. The largest absolute Gasteiger partial charge is 0.496 e. The maximum atomic E-state index is 14.0. The van der Waals surface area contributed by atoms with Gasteiger partial charge < -0.3 is 15.0 Å². The first-order valence-electron chi connectivity index (χ1n) is 12.3. The zero-order chi connectivity index (χ0) is 29.6. The smallest absolute Gasteiger partial charge is 0.264 e. The van der Waals surface area contributed by atoms with Crippen molar-refractivity contribution in [2.24, 2.45) is 0 Å². The highest BCUT2D eigenvalue weighted by Gasteiger charge is 2.32. The lowest BCUT2D eigenvalue weighted by Crippen LogP contribution is -2.51. The number of nitrogens with one attached hydrogen (secondary N) is 1. The van der Waals surface area contributed by atoms with Crippen molar-refractivity contribution < 1.29 is 22.7 Å². The number of amides is 2. The molecule has 12 heteroatoms. The number of carbonyl (C=O) groups excluding carboxylic acids is 2. The molecule has 0 radical (unpaired) electrons. The number of rotatable bonds is 11. The predicted octanol–water partition coefficient (Wildman–Crippen LogP) is 5.82. The molecule has 0 saturated heterocycles. The molecule has 0 aromatic heterocycles. The molecular weight excluding hydrogens is 641 g/mol. The van der Waals surface area contributed by atoms with Gasteiger partial charge in [0.05, 0.1) is 32.2 Å². The second-order valence-corrected chi connectivity index (χ2v) is 12.5. The van der Waals surface area contributed by atoms with E-state index >= 15 is 0 Å². The Morgan fingerprint density at radius 1 is 1.02 bits per heavy atom. The summed E-state index contributed by atoms with van der Waals surface area (Å²) in [5, 5.41) is 3.37. The predicted molar refractivity (Wildman–Crippen MR) is 162 cm³/mol. The molecule has 0 heterocycles. The number of methoxy groups -OCH3 is 1. The lowest BCUT2D eigenvalue weighted by molar-refractivity contribution is -0.139. The number of hydrogen-bond acceptors (Lipinski definition) is 5. The Hall–Kier alpha value is -2.79. The molecule has 0 bridgehead atoms. The van der Waals surface area contributed by atoms with Gasteiger partial charge in [0.2, 0.25) is 11.8 Å². The van der Waals surface area contributed by atoms with Crippen molar-refractivity contribution in [3.63, 3.8) is 0 Å². The topological polar surface area (TPSA) is 96.0 Å². The number of nitrogens with zero attached hydrogens (tertiary/aromatic N) is 2. The number of carbonyl (C=O) groups is 2. The van der Waals surface area contributed by atoms with E-state index in [9.17, 15) is 18.0 Å². The summed E-state index contributed by atoms with van der Waals surface area (Å²) in [6, 6.07) is 15.2. The van der Waals surface area contributed by atoms with Gasteiger partial charge in [0.1, 0.15) is 18.3 Å². The van der Waals surface area contributed by atoms with Crippen molar-refractivity contribution in [3.05, 3.63) is 86.3 Å². The maximum absolute atomic E-state index is 14.0. The third kappa shape index (κ3) is 7.48. The Morgan fingerprint density at radius 3 is 2.27 bits per heavy atom. The van der Waals surface area contributed by atoms with E-state index in [4.69, 9.17) is 27.9 Å². The van der Waals surface area contributed by atoms with Gasteiger partial charge in [-0.3, -0.25) is 13.9 Å². The molecule has 0 saturated carbocycles. The van der Waals surface area contributed by atoms with Gasteiger partial charge in [-0.25, -0.2) is 8.42 Å². The standard InChI is InChI=1S/C28H30BrCl2N3O5S/c1-5-32-28(36)19(3)33(16-20-8-12-24(30)25(31)14-20)27(35)17-34(21-9-6-18(2)7-10-21)40(37,38)22-11-13-26(39-4)23(29)15-22/h6-15,19H,5,16-17H2,1-4H3,(H,32,36)/t19-/m1/s1. The van der Waals surface area contributed by atoms with E-state index in [0.717, 1.165) is 9.87 Å². The number of likely N-dealkylation sites (N-methyl/N-ethyl adjacent to an activating group) is 1. The molecule has 0 unspecified atom stereocenters. The monoisotopic (exact) mass is 669 g/mol. The molecule has 1 N–H and O–H groups in total. The van der Waals surface area contributed by atoms with Gasteiger partial charge in [-0.15, -0.1) is 0 Å². The highest BCUT2D eigenvalue weighted by atomic mass is 79.9. The van der Waals surface area contributed by atoms with Crippen LogP contribution in [0.1, 0.15) is 25.0 Å². The summed E-state index contributed by atoms with van der Waals surface area (Å²) in [5.74, 6) is -0.498. The second kappa shape index (κ2) is 13.7. The molecule has 40 heavy (non-hydrogen) atoms. The van der Waals surface area contributed by atoms with Crippen molar-refractivity contribution >= 4 is 66.7 Å². The lowest BCUT2D eigenvalue weighted by atomic mass is 10.1. The molecule has 3 aromatic carbocycles. The van der Waals surface area contributed by atoms with Crippen molar-refractivity contribution in [1.29, 1.82) is 0 Å². The fourth-order valence-electron chi connectivity index (χ4n) is 3.91. The summed E-state index contributed by atoms with van der Waals surface area (Å²) in [6.45, 7) is 5.06. The first-order chi connectivity index (χ1) is 18.9. The van der Waals surface area contributed by atoms with Gasteiger partial charge in [0.25, 0.3) is 10.0 Å². The summed E-state index contributed by atoms with van der Waals surface area (Å²) in [4.78, 5) is 28.0.